The van der Waals surface area contributed by atoms with Gasteiger partial charge in [0.1, 0.15) is 5.82 Å². The predicted octanol–water partition coefficient (Wildman–Crippen LogP) is 3.71. The number of aliphatic hydroxyl groups is 1. The molecule has 1 aromatic heterocycles. The summed E-state index contributed by atoms with van der Waals surface area (Å²) in [5.41, 5.74) is 1.94. The van der Waals surface area contributed by atoms with Crippen LogP contribution in [0.1, 0.15) is 11.3 Å². The van der Waals surface area contributed by atoms with Crippen LogP contribution in [0.3, 0.4) is 0 Å². The van der Waals surface area contributed by atoms with E-state index >= 15 is 0 Å². The van der Waals surface area contributed by atoms with Gasteiger partial charge >= 0.3 is 0 Å². The molecule has 0 radical (unpaired) electrons. The van der Waals surface area contributed by atoms with Gasteiger partial charge in [-0.05, 0) is 43.3 Å². The zero-order chi connectivity index (χ0) is 23.8. The number of aromatic nitrogens is 2. The van der Waals surface area contributed by atoms with Gasteiger partial charge in [0.2, 0.25) is 5.88 Å². The molecule has 0 fully saturated rings. The molecule has 0 unspecified atom stereocenters. The molecule has 1 heterocycles. The summed E-state index contributed by atoms with van der Waals surface area (Å²) < 4.78 is 45.7. The third kappa shape index (κ3) is 6.58. The van der Waals surface area contributed by atoms with Crippen molar-refractivity contribution >= 4 is 0 Å². The Morgan fingerprint density at radius 1 is 1.06 bits per heavy atom. The molecular formula is C24H29F2N3O4. The van der Waals surface area contributed by atoms with Gasteiger partial charge in [0, 0.05) is 33.9 Å². The van der Waals surface area contributed by atoms with Crippen LogP contribution >= 0.6 is 0 Å². The Balaban J connectivity index is 2.01. The monoisotopic (exact) mass is 461 g/mol. The number of ether oxygens (including phenoxy) is 3. The molecule has 0 amide bonds. The first-order valence-electron chi connectivity index (χ1n) is 10.6. The summed E-state index contributed by atoms with van der Waals surface area (Å²) >= 11 is 0. The topological polar surface area (TPSA) is 69.0 Å². The van der Waals surface area contributed by atoms with Gasteiger partial charge in [0.15, 0.2) is 11.6 Å². The lowest BCUT2D eigenvalue weighted by molar-refractivity contribution is 0.0291. The van der Waals surface area contributed by atoms with Crippen molar-refractivity contribution < 1.29 is 28.1 Å². The van der Waals surface area contributed by atoms with Crippen LogP contribution in [0.15, 0.2) is 48.5 Å². The zero-order valence-electron chi connectivity index (χ0n) is 19.0. The molecule has 1 N–H and O–H groups in total. The highest BCUT2D eigenvalue weighted by molar-refractivity contribution is 5.43. The summed E-state index contributed by atoms with van der Waals surface area (Å²) in [6.07, 6.45) is -0.699. The van der Waals surface area contributed by atoms with E-state index in [-0.39, 0.29) is 18.2 Å². The van der Waals surface area contributed by atoms with Gasteiger partial charge in [0.05, 0.1) is 36.3 Å². The number of aliphatic hydroxyl groups excluding tert-OH is 1. The van der Waals surface area contributed by atoms with Crippen molar-refractivity contribution in [3.63, 3.8) is 0 Å². The highest BCUT2D eigenvalue weighted by Gasteiger charge is 2.23. The van der Waals surface area contributed by atoms with Crippen LogP contribution in [-0.2, 0) is 16.0 Å². The number of para-hydroxylation sites is 1. The van der Waals surface area contributed by atoms with Gasteiger partial charge in [-0.2, -0.15) is 5.10 Å². The molecular weight excluding hydrogens is 432 g/mol. The minimum Gasteiger partial charge on any atom is -0.435 e. The summed E-state index contributed by atoms with van der Waals surface area (Å²) in [5.74, 6) is -0.533. The SMILES string of the molecule is COCCN(Cc1c(C)nn(-c2ccc(F)cc2)c1Oc1ccccc1F)C[C@@H](O)COC. The number of hydrogen-bond acceptors (Lipinski definition) is 6. The van der Waals surface area contributed by atoms with Crippen molar-refractivity contribution in [1.29, 1.82) is 0 Å². The Hall–Kier alpha value is -2.85. The second kappa shape index (κ2) is 11.9. The van der Waals surface area contributed by atoms with Crippen LogP contribution in [-0.4, -0.2) is 66.4 Å². The van der Waals surface area contributed by atoms with Gasteiger partial charge in [-0.25, -0.2) is 13.5 Å². The van der Waals surface area contributed by atoms with E-state index in [0.717, 1.165) is 0 Å². The molecule has 0 aliphatic heterocycles. The van der Waals surface area contributed by atoms with E-state index in [0.29, 0.717) is 49.1 Å². The molecule has 7 nitrogen and oxygen atoms in total. The van der Waals surface area contributed by atoms with E-state index in [1.807, 2.05) is 11.8 Å². The fourth-order valence-electron chi connectivity index (χ4n) is 3.44. The van der Waals surface area contributed by atoms with E-state index < -0.39 is 11.9 Å². The summed E-state index contributed by atoms with van der Waals surface area (Å²) in [4.78, 5) is 1.99. The zero-order valence-corrected chi connectivity index (χ0v) is 19.0. The van der Waals surface area contributed by atoms with Crippen molar-refractivity contribution in [3.8, 4) is 17.3 Å². The van der Waals surface area contributed by atoms with Crippen LogP contribution in [0.4, 0.5) is 8.78 Å². The smallest absolute Gasteiger partial charge is 0.227 e. The van der Waals surface area contributed by atoms with Crippen LogP contribution in [0, 0.1) is 18.6 Å². The van der Waals surface area contributed by atoms with Gasteiger partial charge in [-0.15, -0.1) is 0 Å². The van der Waals surface area contributed by atoms with Crippen LogP contribution in [0.2, 0.25) is 0 Å². The Bertz CT molecular complexity index is 1030. The van der Waals surface area contributed by atoms with Gasteiger partial charge < -0.3 is 19.3 Å². The molecule has 33 heavy (non-hydrogen) atoms. The quantitative estimate of drug-likeness (QED) is 0.444. The molecule has 178 valence electrons. The molecule has 0 saturated carbocycles. The molecule has 0 aliphatic rings. The molecule has 2 aromatic carbocycles. The summed E-state index contributed by atoms with van der Waals surface area (Å²) in [6.45, 7) is 3.70. The maximum absolute atomic E-state index is 14.4. The van der Waals surface area contributed by atoms with Gasteiger partial charge in [-0.1, -0.05) is 12.1 Å². The van der Waals surface area contributed by atoms with Crippen LogP contribution in [0.5, 0.6) is 11.6 Å². The molecule has 0 bridgehead atoms. The summed E-state index contributed by atoms with van der Waals surface area (Å²) in [6, 6.07) is 11.9. The van der Waals surface area contributed by atoms with Gasteiger partial charge in [-0.3, -0.25) is 4.90 Å². The number of halogens is 2. The van der Waals surface area contributed by atoms with E-state index in [9.17, 15) is 13.9 Å². The van der Waals surface area contributed by atoms with E-state index in [1.54, 1.807) is 31.4 Å². The number of aryl methyl sites for hydroxylation is 1. The molecule has 9 heteroatoms. The summed E-state index contributed by atoms with van der Waals surface area (Å²) in [7, 11) is 3.13. The second-order valence-corrected chi connectivity index (χ2v) is 7.63. The van der Waals surface area contributed by atoms with E-state index in [2.05, 4.69) is 5.10 Å². The molecule has 0 aliphatic carbocycles. The maximum atomic E-state index is 14.4. The average Bonchev–Trinajstić information content (AvgIpc) is 3.09. The largest absolute Gasteiger partial charge is 0.435 e. The van der Waals surface area contributed by atoms with Crippen molar-refractivity contribution in [3.05, 3.63) is 71.4 Å². The van der Waals surface area contributed by atoms with Crippen molar-refractivity contribution in [1.82, 2.24) is 14.7 Å². The highest BCUT2D eigenvalue weighted by Crippen LogP contribution is 2.32. The van der Waals surface area contributed by atoms with Gasteiger partial charge in [0.25, 0.3) is 0 Å². The van der Waals surface area contributed by atoms with E-state index in [4.69, 9.17) is 14.2 Å². The first-order chi connectivity index (χ1) is 15.9. The first-order valence-corrected chi connectivity index (χ1v) is 10.6. The standard InChI is InChI=1S/C24H29F2N3O4/c1-17-21(15-28(12-13-31-2)14-20(30)16-32-3)24(33-23-7-5-4-6-22(23)26)29(27-17)19-10-8-18(25)9-11-19/h4-11,20,30H,12-16H2,1-3H3/t20-/m1/s1. The van der Waals surface area contributed by atoms with Crippen molar-refractivity contribution in [2.24, 2.45) is 0 Å². The molecule has 3 rings (SSSR count). The number of benzene rings is 2. The van der Waals surface area contributed by atoms with E-state index in [1.165, 1.54) is 36.1 Å². The first kappa shape index (κ1) is 24.8. The lowest BCUT2D eigenvalue weighted by Crippen LogP contribution is -2.36. The number of rotatable bonds is 12. The number of hydrogen-bond donors (Lipinski definition) is 1. The van der Waals surface area contributed by atoms with Crippen LogP contribution in [0.25, 0.3) is 5.69 Å². The number of nitrogens with zero attached hydrogens (tertiary/aromatic N) is 3. The third-order valence-electron chi connectivity index (χ3n) is 5.07. The van der Waals surface area contributed by atoms with Crippen molar-refractivity contribution in [2.75, 3.05) is 40.5 Å². The fraction of sp³-hybridized carbons (Fsp3) is 0.375. The third-order valence-corrected chi connectivity index (χ3v) is 5.07. The van der Waals surface area contributed by atoms with Crippen LogP contribution < -0.4 is 4.74 Å². The predicted molar refractivity (Wildman–Crippen MR) is 120 cm³/mol. The Kier molecular flexibility index (Phi) is 8.90. The second-order valence-electron chi connectivity index (χ2n) is 7.63. The molecule has 0 spiro atoms. The maximum Gasteiger partial charge on any atom is 0.227 e. The average molecular weight is 462 g/mol. The molecule has 1 atom stereocenters. The highest BCUT2D eigenvalue weighted by atomic mass is 19.1. The number of methoxy groups -OCH3 is 2. The Morgan fingerprint density at radius 2 is 1.79 bits per heavy atom. The normalized spacial score (nSPS) is 12.3. The van der Waals surface area contributed by atoms with Crippen molar-refractivity contribution in [2.45, 2.75) is 19.6 Å². The lowest BCUT2D eigenvalue weighted by Gasteiger charge is -2.25. The Labute approximate surface area is 192 Å². The minimum absolute atomic E-state index is 0.0462. The molecule has 0 saturated heterocycles. The minimum atomic E-state index is -0.699. The summed E-state index contributed by atoms with van der Waals surface area (Å²) in [5, 5.41) is 14.9. The molecule has 3 aromatic rings. The Morgan fingerprint density at radius 3 is 2.45 bits per heavy atom. The lowest BCUT2D eigenvalue weighted by atomic mass is 10.2. The fourth-order valence-corrected chi connectivity index (χ4v) is 3.44.